The number of benzene rings is 2. The number of rotatable bonds is 6. The molecular formula is C20H16BrFN2O4S. The Hall–Kier alpha value is -2.65. The van der Waals surface area contributed by atoms with Gasteiger partial charge in [0.2, 0.25) is 0 Å². The van der Waals surface area contributed by atoms with Crippen LogP contribution in [0.15, 0.2) is 56.8 Å². The van der Waals surface area contributed by atoms with Gasteiger partial charge >= 0.3 is 5.97 Å². The molecule has 2 aromatic rings. The van der Waals surface area contributed by atoms with Gasteiger partial charge in [-0.25, -0.2) is 14.2 Å². The van der Waals surface area contributed by atoms with E-state index in [1.165, 1.54) is 23.9 Å². The van der Waals surface area contributed by atoms with E-state index < -0.39 is 12.6 Å². The summed E-state index contributed by atoms with van der Waals surface area (Å²) >= 11 is 4.58. The third-order valence-corrected chi connectivity index (χ3v) is 5.49. The third kappa shape index (κ3) is 5.24. The number of amidine groups is 1. The molecule has 1 fully saturated rings. The molecule has 0 unspecified atom stereocenters. The molecule has 1 aliphatic heterocycles. The van der Waals surface area contributed by atoms with Crippen molar-refractivity contribution in [1.29, 1.82) is 0 Å². The lowest BCUT2D eigenvalue weighted by Gasteiger charge is -2.11. The quantitative estimate of drug-likeness (QED) is 0.609. The summed E-state index contributed by atoms with van der Waals surface area (Å²) < 4.78 is 18.8. The molecule has 1 heterocycles. The van der Waals surface area contributed by atoms with Crippen molar-refractivity contribution >= 4 is 56.5 Å². The summed E-state index contributed by atoms with van der Waals surface area (Å²) in [6.45, 7) is 1.86. The van der Waals surface area contributed by atoms with Gasteiger partial charge < -0.3 is 9.84 Å². The highest BCUT2D eigenvalue weighted by molar-refractivity contribution is 9.10. The minimum atomic E-state index is -1.07. The Labute approximate surface area is 179 Å². The first kappa shape index (κ1) is 21.1. The second-order valence-corrected chi connectivity index (χ2v) is 7.77. The maximum absolute atomic E-state index is 13.1. The number of nitrogens with zero attached hydrogens (tertiary/aromatic N) is 2. The summed E-state index contributed by atoms with van der Waals surface area (Å²) in [7, 11) is 0. The molecule has 0 atom stereocenters. The van der Waals surface area contributed by atoms with Crippen LogP contribution in [-0.2, 0) is 9.59 Å². The van der Waals surface area contributed by atoms with Crippen molar-refractivity contribution in [3.05, 3.63) is 63.2 Å². The average Bonchev–Trinajstić information content (AvgIpc) is 2.97. The number of halogens is 2. The van der Waals surface area contributed by atoms with E-state index in [4.69, 9.17) is 9.84 Å². The van der Waals surface area contributed by atoms with Crippen LogP contribution < -0.4 is 4.74 Å². The van der Waals surface area contributed by atoms with Crippen LogP contribution in [0.4, 0.5) is 10.1 Å². The molecule has 0 bridgehead atoms. The van der Waals surface area contributed by atoms with Gasteiger partial charge in [-0.3, -0.25) is 9.69 Å². The van der Waals surface area contributed by atoms with Gasteiger partial charge in [0.05, 0.1) is 15.1 Å². The van der Waals surface area contributed by atoms with Gasteiger partial charge in [0.25, 0.3) is 5.91 Å². The Kier molecular flexibility index (Phi) is 6.71. The third-order valence-electron chi connectivity index (χ3n) is 3.86. The maximum atomic E-state index is 13.1. The number of carbonyl (C=O) groups excluding carboxylic acids is 1. The van der Waals surface area contributed by atoms with Gasteiger partial charge in [-0.1, -0.05) is 6.07 Å². The molecular weight excluding hydrogens is 463 g/mol. The number of hydrogen-bond acceptors (Lipinski definition) is 5. The van der Waals surface area contributed by atoms with Crippen LogP contribution in [0.5, 0.6) is 5.75 Å². The van der Waals surface area contributed by atoms with Gasteiger partial charge in [0.1, 0.15) is 11.6 Å². The first-order valence-corrected chi connectivity index (χ1v) is 10.2. The minimum absolute atomic E-state index is 0.166. The number of aliphatic imine (C=N–C) groups is 1. The predicted octanol–water partition coefficient (Wildman–Crippen LogP) is 4.68. The molecule has 0 radical (unpaired) electrons. The van der Waals surface area contributed by atoms with Crippen LogP contribution in [0.1, 0.15) is 12.5 Å². The lowest BCUT2D eigenvalue weighted by Crippen LogP contribution is -2.28. The van der Waals surface area contributed by atoms with Crippen LogP contribution in [0, 0.1) is 5.82 Å². The zero-order chi connectivity index (χ0) is 21.0. The fraction of sp³-hybridized carbons (Fsp3) is 0.150. The summed E-state index contributed by atoms with van der Waals surface area (Å²) in [6.07, 6.45) is 1.73. The lowest BCUT2D eigenvalue weighted by atomic mass is 10.2. The zero-order valence-electron chi connectivity index (χ0n) is 15.3. The van der Waals surface area contributed by atoms with Crippen LogP contribution in [-0.4, -0.2) is 40.2 Å². The summed E-state index contributed by atoms with van der Waals surface area (Å²) in [5, 5.41) is 9.23. The normalized spacial score (nSPS) is 16.7. The molecule has 1 amide bonds. The van der Waals surface area contributed by atoms with Crippen molar-refractivity contribution in [3.63, 3.8) is 0 Å². The number of amides is 1. The standard InChI is InChI=1S/C20H16BrFN2O4S/c1-2-24-19(27)17(29-20(24)23-14-6-4-13(22)5-7-14)10-12-3-8-16(15(21)9-12)28-11-18(25)26/h3-10H,2,11H2,1H3,(H,25,26). The van der Waals surface area contributed by atoms with Crippen molar-refractivity contribution in [2.75, 3.05) is 13.2 Å². The second-order valence-electron chi connectivity index (χ2n) is 5.90. The molecule has 6 nitrogen and oxygen atoms in total. The number of hydrogen-bond donors (Lipinski definition) is 1. The Morgan fingerprint density at radius 2 is 2.03 bits per heavy atom. The molecule has 2 aromatic carbocycles. The fourth-order valence-electron chi connectivity index (χ4n) is 2.51. The molecule has 0 spiro atoms. The Balaban J connectivity index is 1.84. The van der Waals surface area contributed by atoms with Crippen LogP contribution in [0.2, 0.25) is 0 Å². The minimum Gasteiger partial charge on any atom is -0.481 e. The Bertz CT molecular complexity index is 1010. The molecule has 1 N–H and O–H groups in total. The first-order chi connectivity index (χ1) is 13.9. The number of thioether (sulfide) groups is 1. The highest BCUT2D eigenvalue weighted by atomic mass is 79.9. The number of ether oxygens (including phenoxy) is 1. The highest BCUT2D eigenvalue weighted by Gasteiger charge is 2.32. The van der Waals surface area contributed by atoms with Crippen molar-refractivity contribution in [3.8, 4) is 5.75 Å². The van der Waals surface area contributed by atoms with E-state index in [0.29, 0.717) is 32.5 Å². The lowest BCUT2D eigenvalue weighted by molar-refractivity contribution is -0.139. The topological polar surface area (TPSA) is 79.2 Å². The molecule has 1 aliphatic rings. The molecule has 1 saturated heterocycles. The van der Waals surface area contributed by atoms with Crippen molar-refractivity contribution in [2.45, 2.75) is 6.92 Å². The van der Waals surface area contributed by atoms with Crippen molar-refractivity contribution in [1.82, 2.24) is 4.90 Å². The first-order valence-electron chi connectivity index (χ1n) is 8.57. The summed E-state index contributed by atoms with van der Waals surface area (Å²) in [5.41, 5.74) is 1.30. The van der Waals surface area contributed by atoms with Gasteiger partial charge in [-0.15, -0.1) is 0 Å². The number of carboxylic acid groups (broad SMARTS) is 1. The van der Waals surface area contributed by atoms with Gasteiger partial charge in [0, 0.05) is 6.54 Å². The Morgan fingerprint density at radius 1 is 1.31 bits per heavy atom. The van der Waals surface area contributed by atoms with Crippen LogP contribution in [0.3, 0.4) is 0 Å². The molecule has 29 heavy (non-hydrogen) atoms. The highest BCUT2D eigenvalue weighted by Crippen LogP contribution is 2.35. The number of carbonyl (C=O) groups is 2. The van der Waals surface area contributed by atoms with Gasteiger partial charge in [0.15, 0.2) is 11.8 Å². The van der Waals surface area contributed by atoms with Crippen molar-refractivity contribution < 1.29 is 23.8 Å². The van der Waals surface area contributed by atoms with E-state index in [0.717, 1.165) is 5.56 Å². The van der Waals surface area contributed by atoms with E-state index in [1.54, 1.807) is 41.3 Å². The van der Waals surface area contributed by atoms with Crippen LogP contribution in [0.25, 0.3) is 6.08 Å². The second kappa shape index (κ2) is 9.23. The van der Waals surface area contributed by atoms with E-state index >= 15 is 0 Å². The predicted molar refractivity (Wildman–Crippen MR) is 114 cm³/mol. The number of aliphatic carboxylic acids is 1. The smallest absolute Gasteiger partial charge is 0.341 e. The molecule has 0 aliphatic carbocycles. The zero-order valence-corrected chi connectivity index (χ0v) is 17.7. The van der Waals surface area contributed by atoms with E-state index in [2.05, 4.69) is 20.9 Å². The molecule has 0 saturated carbocycles. The fourth-order valence-corrected chi connectivity index (χ4v) is 4.08. The SMILES string of the molecule is CCN1C(=O)C(=Cc2ccc(OCC(=O)O)c(Br)c2)SC1=Nc1ccc(F)cc1. The number of carboxylic acids is 1. The average molecular weight is 479 g/mol. The van der Waals surface area contributed by atoms with E-state index in [-0.39, 0.29) is 11.7 Å². The Morgan fingerprint density at radius 3 is 2.66 bits per heavy atom. The van der Waals surface area contributed by atoms with Gasteiger partial charge in [-0.05, 0) is 82.7 Å². The molecule has 0 aromatic heterocycles. The van der Waals surface area contributed by atoms with Crippen molar-refractivity contribution in [2.24, 2.45) is 4.99 Å². The van der Waals surface area contributed by atoms with E-state index in [9.17, 15) is 14.0 Å². The summed E-state index contributed by atoms with van der Waals surface area (Å²) in [6, 6.07) is 10.8. The molecule has 3 rings (SSSR count). The van der Waals surface area contributed by atoms with Gasteiger partial charge in [-0.2, -0.15) is 0 Å². The molecule has 9 heteroatoms. The summed E-state index contributed by atoms with van der Waals surface area (Å²) in [5.74, 6) is -1.18. The van der Waals surface area contributed by atoms with Crippen LogP contribution >= 0.6 is 27.7 Å². The summed E-state index contributed by atoms with van der Waals surface area (Å²) in [4.78, 5) is 29.9. The molecule has 150 valence electrons. The largest absolute Gasteiger partial charge is 0.481 e. The number of likely N-dealkylation sites (N-methyl/N-ethyl adjacent to an activating group) is 1. The van der Waals surface area contributed by atoms with E-state index in [1.807, 2.05) is 6.92 Å². The monoisotopic (exact) mass is 478 g/mol. The maximum Gasteiger partial charge on any atom is 0.341 e.